The Morgan fingerprint density at radius 3 is 2.00 bits per heavy atom. The van der Waals surface area contributed by atoms with Crippen LogP contribution in [0.5, 0.6) is 0 Å². The Balaban J connectivity index is 2.06. The fourth-order valence-electron chi connectivity index (χ4n) is 2.64. The zero-order chi connectivity index (χ0) is 21.2. The predicted molar refractivity (Wildman–Crippen MR) is 101 cm³/mol. The van der Waals surface area contributed by atoms with Gasteiger partial charge in [-0.05, 0) is 48.5 Å². The van der Waals surface area contributed by atoms with Crippen LogP contribution in [0.4, 0.5) is 40.7 Å². The van der Waals surface area contributed by atoms with Crippen molar-refractivity contribution in [2.45, 2.75) is 6.18 Å². The second-order valence-corrected chi connectivity index (χ2v) is 6.16. The summed E-state index contributed by atoms with van der Waals surface area (Å²) in [6.07, 6.45) is -3.94. The molecule has 0 aliphatic rings. The first kappa shape index (κ1) is 20.1. The monoisotopic (exact) mass is 401 g/mol. The van der Waals surface area contributed by atoms with Crippen molar-refractivity contribution >= 4 is 23.1 Å². The van der Waals surface area contributed by atoms with E-state index in [4.69, 9.17) is 5.26 Å². The van der Waals surface area contributed by atoms with Crippen molar-refractivity contribution in [3.8, 4) is 6.07 Å². The Hall–Kier alpha value is -3.67. The van der Waals surface area contributed by atoms with Crippen molar-refractivity contribution in [2.75, 3.05) is 23.9 Å². The van der Waals surface area contributed by atoms with Gasteiger partial charge in [-0.15, -0.1) is 0 Å². The molecule has 0 bridgehead atoms. The zero-order valence-electron chi connectivity index (χ0n) is 15.4. The smallest absolute Gasteiger partial charge is 0.329 e. The van der Waals surface area contributed by atoms with E-state index in [-0.39, 0.29) is 11.8 Å². The van der Waals surface area contributed by atoms with E-state index in [0.29, 0.717) is 16.9 Å². The van der Waals surface area contributed by atoms with E-state index < -0.39 is 17.6 Å². The first-order valence-electron chi connectivity index (χ1n) is 8.38. The van der Waals surface area contributed by atoms with Crippen molar-refractivity contribution < 1.29 is 17.6 Å². The third kappa shape index (κ3) is 4.27. The molecule has 0 saturated heterocycles. The summed E-state index contributed by atoms with van der Waals surface area (Å²) in [5.74, 6) is -0.766. The highest BCUT2D eigenvalue weighted by atomic mass is 19.4. The minimum atomic E-state index is -4.66. The lowest BCUT2D eigenvalue weighted by Crippen LogP contribution is -2.21. The molecule has 3 aromatic rings. The maximum atomic E-state index is 13.5. The summed E-state index contributed by atoms with van der Waals surface area (Å²) in [6, 6.07) is 13.4. The number of alkyl halides is 3. The van der Waals surface area contributed by atoms with E-state index in [0.717, 1.165) is 6.20 Å². The van der Waals surface area contributed by atoms with Crippen LogP contribution < -0.4 is 9.80 Å². The molecule has 3 rings (SSSR count). The molecule has 1 aromatic heterocycles. The summed E-state index contributed by atoms with van der Waals surface area (Å²) in [5.41, 5.74) is 0.319. The van der Waals surface area contributed by atoms with Gasteiger partial charge in [0, 0.05) is 31.7 Å². The SMILES string of the molecule is CN(c1ccc(F)cc1)c1ncc(C(F)(F)F)c(N(C)c2ccc(C#N)cc2)n1. The molecule has 0 spiro atoms. The number of anilines is 4. The van der Waals surface area contributed by atoms with Gasteiger partial charge in [-0.2, -0.15) is 23.4 Å². The van der Waals surface area contributed by atoms with E-state index >= 15 is 0 Å². The van der Waals surface area contributed by atoms with Gasteiger partial charge < -0.3 is 9.80 Å². The Morgan fingerprint density at radius 2 is 1.45 bits per heavy atom. The van der Waals surface area contributed by atoms with E-state index in [1.807, 2.05) is 6.07 Å². The lowest BCUT2D eigenvalue weighted by atomic mass is 10.2. The number of hydrogen-bond acceptors (Lipinski definition) is 5. The van der Waals surface area contributed by atoms with Gasteiger partial charge in [0.15, 0.2) is 5.82 Å². The summed E-state index contributed by atoms with van der Waals surface area (Å²) >= 11 is 0. The van der Waals surface area contributed by atoms with Crippen molar-refractivity contribution in [3.05, 3.63) is 71.7 Å². The van der Waals surface area contributed by atoms with Gasteiger partial charge >= 0.3 is 6.18 Å². The quantitative estimate of drug-likeness (QED) is 0.573. The van der Waals surface area contributed by atoms with Crippen LogP contribution in [-0.4, -0.2) is 24.1 Å². The van der Waals surface area contributed by atoms with Crippen LogP contribution >= 0.6 is 0 Å². The average molecular weight is 401 g/mol. The second-order valence-electron chi connectivity index (χ2n) is 6.16. The molecule has 1 heterocycles. The van der Waals surface area contributed by atoms with E-state index in [2.05, 4.69) is 9.97 Å². The van der Waals surface area contributed by atoms with Crippen LogP contribution in [-0.2, 0) is 6.18 Å². The third-order valence-electron chi connectivity index (χ3n) is 4.28. The van der Waals surface area contributed by atoms with Crippen LogP contribution in [0.25, 0.3) is 0 Å². The molecule has 0 atom stereocenters. The normalized spacial score (nSPS) is 11.1. The predicted octanol–water partition coefficient (Wildman–Crippen LogP) is 5.04. The molecule has 29 heavy (non-hydrogen) atoms. The summed E-state index contributed by atoms with van der Waals surface area (Å²) in [6.45, 7) is 0. The number of nitrogens with zero attached hydrogens (tertiary/aromatic N) is 5. The van der Waals surface area contributed by atoms with Gasteiger partial charge in [-0.25, -0.2) is 9.37 Å². The van der Waals surface area contributed by atoms with Crippen molar-refractivity contribution in [1.29, 1.82) is 5.26 Å². The second kappa shape index (κ2) is 7.75. The molecule has 2 aromatic carbocycles. The zero-order valence-corrected chi connectivity index (χ0v) is 15.4. The van der Waals surface area contributed by atoms with Crippen LogP contribution in [0.2, 0.25) is 0 Å². The molecule has 0 aliphatic carbocycles. The fraction of sp³-hybridized carbons (Fsp3) is 0.150. The number of hydrogen-bond donors (Lipinski definition) is 0. The summed E-state index contributed by atoms with van der Waals surface area (Å²) in [4.78, 5) is 10.7. The van der Waals surface area contributed by atoms with E-state index in [1.54, 1.807) is 7.05 Å². The minimum absolute atomic E-state index is 0.0140. The Morgan fingerprint density at radius 1 is 0.897 bits per heavy atom. The first-order valence-corrected chi connectivity index (χ1v) is 8.38. The summed E-state index contributed by atoms with van der Waals surface area (Å²) in [7, 11) is 3.02. The Kier molecular flexibility index (Phi) is 5.37. The molecule has 148 valence electrons. The molecular weight excluding hydrogens is 386 g/mol. The Bertz CT molecular complexity index is 1040. The topological polar surface area (TPSA) is 56.1 Å². The maximum absolute atomic E-state index is 13.5. The molecule has 0 unspecified atom stereocenters. The molecule has 0 fully saturated rings. The number of halogens is 4. The Labute approximate surface area is 164 Å². The van der Waals surface area contributed by atoms with Crippen LogP contribution in [0.3, 0.4) is 0 Å². The van der Waals surface area contributed by atoms with Gasteiger partial charge in [-0.3, -0.25) is 0 Å². The molecule has 0 aliphatic heterocycles. The van der Waals surface area contributed by atoms with Gasteiger partial charge in [0.05, 0.1) is 11.6 Å². The van der Waals surface area contributed by atoms with Gasteiger partial charge in [0.2, 0.25) is 5.95 Å². The largest absolute Gasteiger partial charge is 0.421 e. The molecular formula is C20H15F4N5. The van der Waals surface area contributed by atoms with Crippen molar-refractivity contribution in [2.24, 2.45) is 0 Å². The average Bonchev–Trinajstić information content (AvgIpc) is 2.72. The van der Waals surface area contributed by atoms with Crippen molar-refractivity contribution in [3.63, 3.8) is 0 Å². The van der Waals surface area contributed by atoms with Gasteiger partial charge in [0.1, 0.15) is 11.4 Å². The first-order chi connectivity index (χ1) is 13.7. The standard InChI is InChI=1S/C20H15F4N5/c1-28(15-7-3-13(11-25)4-8-15)18-17(20(22,23)24)12-26-19(27-18)29(2)16-9-5-14(21)6-10-16/h3-10,12H,1-2H3. The highest BCUT2D eigenvalue weighted by Crippen LogP contribution is 2.38. The van der Waals surface area contributed by atoms with Crippen LogP contribution in [0, 0.1) is 17.1 Å². The molecule has 0 amide bonds. The molecule has 0 radical (unpaired) electrons. The molecule has 0 saturated carbocycles. The lowest BCUT2D eigenvalue weighted by molar-refractivity contribution is -0.137. The van der Waals surface area contributed by atoms with Crippen LogP contribution in [0.15, 0.2) is 54.7 Å². The number of aromatic nitrogens is 2. The summed E-state index contributed by atoms with van der Waals surface area (Å²) < 4.78 is 53.8. The lowest BCUT2D eigenvalue weighted by Gasteiger charge is -2.25. The molecule has 0 N–H and O–H groups in total. The van der Waals surface area contributed by atoms with Gasteiger partial charge in [-0.1, -0.05) is 0 Å². The molecule has 5 nitrogen and oxygen atoms in total. The number of nitriles is 1. The maximum Gasteiger partial charge on any atom is 0.421 e. The van der Waals surface area contributed by atoms with E-state index in [9.17, 15) is 17.6 Å². The van der Waals surface area contributed by atoms with Crippen LogP contribution in [0.1, 0.15) is 11.1 Å². The van der Waals surface area contributed by atoms with E-state index in [1.165, 1.54) is 65.4 Å². The van der Waals surface area contributed by atoms with Gasteiger partial charge in [0.25, 0.3) is 0 Å². The number of rotatable bonds is 4. The highest BCUT2D eigenvalue weighted by Gasteiger charge is 2.37. The highest BCUT2D eigenvalue weighted by molar-refractivity contribution is 5.66. The minimum Gasteiger partial charge on any atom is -0.329 e. The van der Waals surface area contributed by atoms with Crippen molar-refractivity contribution in [1.82, 2.24) is 9.97 Å². The summed E-state index contributed by atoms with van der Waals surface area (Å²) in [5, 5.41) is 8.90. The number of benzene rings is 2. The third-order valence-corrected chi connectivity index (χ3v) is 4.28. The fourth-order valence-corrected chi connectivity index (χ4v) is 2.64. The molecule has 9 heteroatoms.